The van der Waals surface area contributed by atoms with Crippen molar-refractivity contribution >= 4 is 5.97 Å². The Hall–Kier alpha value is -2.35. The number of rotatable bonds is 6. The SMILES string of the molecule is CCOC(=O)c1nc(C)n(Cc2cnc(COC)cn2)n1. The molecule has 112 valence electrons. The molecular formula is C13H17N5O3. The van der Waals surface area contributed by atoms with Crippen molar-refractivity contribution in [1.82, 2.24) is 24.7 Å². The van der Waals surface area contributed by atoms with E-state index in [1.807, 2.05) is 0 Å². The van der Waals surface area contributed by atoms with Gasteiger partial charge >= 0.3 is 5.97 Å². The number of carbonyl (C=O) groups excluding carboxylic acids is 1. The van der Waals surface area contributed by atoms with Gasteiger partial charge in [-0.15, -0.1) is 5.10 Å². The van der Waals surface area contributed by atoms with E-state index in [1.165, 1.54) is 0 Å². The van der Waals surface area contributed by atoms with Gasteiger partial charge in [-0.05, 0) is 13.8 Å². The molecule has 21 heavy (non-hydrogen) atoms. The third kappa shape index (κ3) is 3.82. The molecule has 0 amide bonds. The molecule has 0 radical (unpaired) electrons. The lowest BCUT2D eigenvalue weighted by atomic mass is 10.4. The van der Waals surface area contributed by atoms with Gasteiger partial charge in [-0.2, -0.15) is 0 Å². The molecule has 2 heterocycles. The number of hydrogen-bond acceptors (Lipinski definition) is 7. The first-order valence-electron chi connectivity index (χ1n) is 6.51. The zero-order valence-electron chi connectivity index (χ0n) is 12.2. The first-order valence-corrected chi connectivity index (χ1v) is 6.51. The van der Waals surface area contributed by atoms with E-state index in [0.717, 1.165) is 11.4 Å². The van der Waals surface area contributed by atoms with Gasteiger partial charge in [0.1, 0.15) is 5.82 Å². The lowest BCUT2D eigenvalue weighted by Gasteiger charge is -2.03. The van der Waals surface area contributed by atoms with Gasteiger partial charge in [0.2, 0.25) is 0 Å². The monoisotopic (exact) mass is 291 g/mol. The fourth-order valence-corrected chi connectivity index (χ4v) is 1.69. The van der Waals surface area contributed by atoms with Crippen LogP contribution in [-0.4, -0.2) is 44.4 Å². The predicted octanol–water partition coefficient (Wildman–Crippen LogP) is 0.748. The summed E-state index contributed by atoms with van der Waals surface area (Å²) < 4.78 is 11.4. The van der Waals surface area contributed by atoms with E-state index < -0.39 is 5.97 Å². The van der Waals surface area contributed by atoms with Crippen molar-refractivity contribution < 1.29 is 14.3 Å². The van der Waals surface area contributed by atoms with E-state index in [0.29, 0.717) is 25.6 Å². The molecule has 0 N–H and O–H groups in total. The fraction of sp³-hybridized carbons (Fsp3) is 0.462. The van der Waals surface area contributed by atoms with E-state index in [1.54, 1.807) is 38.0 Å². The number of esters is 1. The number of carbonyl (C=O) groups is 1. The minimum absolute atomic E-state index is 0.0540. The summed E-state index contributed by atoms with van der Waals surface area (Å²) >= 11 is 0. The van der Waals surface area contributed by atoms with Crippen molar-refractivity contribution in [3.8, 4) is 0 Å². The molecule has 0 spiro atoms. The highest BCUT2D eigenvalue weighted by molar-refractivity contribution is 5.84. The van der Waals surface area contributed by atoms with Crippen LogP contribution in [0.4, 0.5) is 0 Å². The molecule has 0 unspecified atom stereocenters. The van der Waals surface area contributed by atoms with Crippen molar-refractivity contribution in [2.75, 3.05) is 13.7 Å². The van der Waals surface area contributed by atoms with Gasteiger partial charge < -0.3 is 9.47 Å². The third-order valence-electron chi connectivity index (χ3n) is 2.68. The Morgan fingerprint density at radius 1 is 1.29 bits per heavy atom. The molecule has 2 aromatic rings. The molecule has 0 atom stereocenters. The minimum atomic E-state index is -0.527. The number of nitrogens with zero attached hydrogens (tertiary/aromatic N) is 5. The molecule has 0 aliphatic heterocycles. The van der Waals surface area contributed by atoms with Crippen LogP contribution in [0.5, 0.6) is 0 Å². The van der Waals surface area contributed by atoms with Gasteiger partial charge in [0.25, 0.3) is 5.82 Å². The molecule has 2 rings (SSSR count). The van der Waals surface area contributed by atoms with Crippen LogP contribution in [0, 0.1) is 6.92 Å². The number of hydrogen-bond donors (Lipinski definition) is 0. The molecule has 0 saturated heterocycles. The summed E-state index contributed by atoms with van der Waals surface area (Å²) in [5.74, 6) is 0.139. The Morgan fingerprint density at radius 3 is 2.62 bits per heavy atom. The third-order valence-corrected chi connectivity index (χ3v) is 2.68. The van der Waals surface area contributed by atoms with Crippen molar-refractivity contribution in [2.45, 2.75) is 27.0 Å². The highest BCUT2D eigenvalue weighted by atomic mass is 16.5. The van der Waals surface area contributed by atoms with Crippen molar-refractivity contribution in [3.05, 3.63) is 35.4 Å². The van der Waals surface area contributed by atoms with Gasteiger partial charge in [-0.25, -0.2) is 14.5 Å². The summed E-state index contributed by atoms with van der Waals surface area (Å²) in [6.45, 7) is 4.60. The Labute approximate surface area is 122 Å². The maximum Gasteiger partial charge on any atom is 0.378 e. The maximum atomic E-state index is 11.6. The Balaban J connectivity index is 2.10. The molecule has 0 bridgehead atoms. The molecular weight excluding hydrogens is 274 g/mol. The quantitative estimate of drug-likeness (QED) is 0.725. The minimum Gasteiger partial charge on any atom is -0.460 e. The van der Waals surface area contributed by atoms with Crippen LogP contribution < -0.4 is 0 Å². The van der Waals surface area contributed by atoms with Gasteiger partial charge in [0, 0.05) is 7.11 Å². The highest BCUT2D eigenvalue weighted by Gasteiger charge is 2.15. The van der Waals surface area contributed by atoms with E-state index >= 15 is 0 Å². The summed E-state index contributed by atoms with van der Waals surface area (Å²) in [5.41, 5.74) is 1.47. The Morgan fingerprint density at radius 2 is 2.00 bits per heavy atom. The second-order valence-electron chi connectivity index (χ2n) is 4.29. The van der Waals surface area contributed by atoms with Crippen molar-refractivity contribution in [1.29, 1.82) is 0 Å². The summed E-state index contributed by atoms with van der Waals surface area (Å²) in [7, 11) is 1.60. The average Bonchev–Trinajstić information content (AvgIpc) is 2.83. The smallest absolute Gasteiger partial charge is 0.378 e. The van der Waals surface area contributed by atoms with Crippen LogP contribution in [0.25, 0.3) is 0 Å². The van der Waals surface area contributed by atoms with Crippen molar-refractivity contribution in [2.24, 2.45) is 0 Å². The second-order valence-corrected chi connectivity index (χ2v) is 4.29. The molecule has 2 aromatic heterocycles. The van der Waals surface area contributed by atoms with E-state index in [9.17, 15) is 4.79 Å². The lowest BCUT2D eigenvalue weighted by Crippen LogP contribution is -2.10. The molecule has 0 saturated carbocycles. The van der Waals surface area contributed by atoms with Gasteiger partial charge in [-0.1, -0.05) is 0 Å². The first-order chi connectivity index (χ1) is 10.1. The van der Waals surface area contributed by atoms with Crippen LogP contribution in [0.2, 0.25) is 0 Å². The van der Waals surface area contributed by atoms with Gasteiger partial charge in [0.05, 0.1) is 43.5 Å². The van der Waals surface area contributed by atoms with Crippen LogP contribution in [0.3, 0.4) is 0 Å². The maximum absolute atomic E-state index is 11.6. The normalized spacial score (nSPS) is 10.6. The number of aryl methyl sites for hydroxylation is 1. The summed E-state index contributed by atoms with van der Waals surface area (Å²) in [6.07, 6.45) is 3.30. The molecule has 8 nitrogen and oxygen atoms in total. The van der Waals surface area contributed by atoms with Gasteiger partial charge in [0.15, 0.2) is 0 Å². The van der Waals surface area contributed by atoms with E-state index in [2.05, 4.69) is 20.1 Å². The summed E-state index contributed by atoms with van der Waals surface area (Å²) in [6, 6.07) is 0. The van der Waals surface area contributed by atoms with E-state index in [-0.39, 0.29) is 5.82 Å². The predicted molar refractivity (Wildman–Crippen MR) is 72.6 cm³/mol. The van der Waals surface area contributed by atoms with Crippen LogP contribution in [-0.2, 0) is 22.6 Å². The van der Waals surface area contributed by atoms with Crippen LogP contribution in [0.1, 0.15) is 34.8 Å². The summed E-state index contributed by atoms with van der Waals surface area (Å²) in [4.78, 5) is 24.2. The number of aromatic nitrogens is 5. The standard InChI is InChI=1S/C13H17N5O3/c1-4-21-13(19)12-16-9(2)18(17-12)7-10-5-15-11(6-14-10)8-20-3/h5-6H,4,7-8H2,1-3H3. The topological polar surface area (TPSA) is 92.0 Å². The molecule has 0 aliphatic rings. The fourth-order valence-electron chi connectivity index (χ4n) is 1.69. The Bertz CT molecular complexity index is 609. The molecule has 0 aromatic carbocycles. The molecule has 0 aliphatic carbocycles. The van der Waals surface area contributed by atoms with Gasteiger partial charge in [-0.3, -0.25) is 9.97 Å². The number of methoxy groups -OCH3 is 1. The van der Waals surface area contributed by atoms with Crippen LogP contribution >= 0.6 is 0 Å². The summed E-state index contributed by atoms with van der Waals surface area (Å²) in [5, 5.41) is 4.12. The second kappa shape index (κ2) is 6.89. The largest absolute Gasteiger partial charge is 0.460 e. The van der Waals surface area contributed by atoms with Crippen molar-refractivity contribution in [3.63, 3.8) is 0 Å². The first kappa shape index (κ1) is 15.0. The van der Waals surface area contributed by atoms with Crippen LogP contribution in [0.15, 0.2) is 12.4 Å². The number of ether oxygens (including phenoxy) is 2. The zero-order valence-corrected chi connectivity index (χ0v) is 12.2. The molecule has 0 fully saturated rings. The average molecular weight is 291 g/mol. The Kier molecular flexibility index (Phi) is 4.94. The highest BCUT2D eigenvalue weighted by Crippen LogP contribution is 2.04. The van der Waals surface area contributed by atoms with E-state index in [4.69, 9.17) is 9.47 Å². The zero-order chi connectivity index (χ0) is 15.2. The lowest BCUT2D eigenvalue weighted by molar-refractivity contribution is 0.0511. The molecule has 8 heteroatoms.